The SMILES string of the molecule is CC1CN(Cc2ccc(Cl)c([N+](=O)[O-])c2)CCN1. The fourth-order valence-electron chi connectivity index (χ4n) is 2.21. The molecule has 6 heteroatoms. The van der Waals surface area contributed by atoms with E-state index in [0.717, 1.165) is 31.7 Å². The number of nitro benzene ring substituents is 1. The second-order valence-corrected chi connectivity index (χ2v) is 5.04. The molecule has 1 aliphatic heterocycles. The van der Waals surface area contributed by atoms with Crippen molar-refractivity contribution >= 4 is 17.3 Å². The van der Waals surface area contributed by atoms with Crippen LogP contribution in [-0.4, -0.2) is 35.5 Å². The van der Waals surface area contributed by atoms with E-state index in [1.165, 1.54) is 0 Å². The average molecular weight is 270 g/mol. The maximum atomic E-state index is 10.8. The number of hydrogen-bond donors (Lipinski definition) is 1. The highest BCUT2D eigenvalue weighted by molar-refractivity contribution is 6.32. The summed E-state index contributed by atoms with van der Waals surface area (Å²) in [5.41, 5.74) is 0.914. The number of nitrogens with one attached hydrogen (secondary N) is 1. The highest BCUT2D eigenvalue weighted by Crippen LogP contribution is 2.25. The Morgan fingerprint density at radius 3 is 3.06 bits per heavy atom. The molecule has 1 atom stereocenters. The molecule has 1 heterocycles. The van der Waals surface area contributed by atoms with Crippen LogP contribution in [0.5, 0.6) is 0 Å². The van der Waals surface area contributed by atoms with Gasteiger partial charge in [0.2, 0.25) is 0 Å². The van der Waals surface area contributed by atoms with Crippen LogP contribution in [0.3, 0.4) is 0 Å². The van der Waals surface area contributed by atoms with Gasteiger partial charge in [-0.3, -0.25) is 15.0 Å². The van der Waals surface area contributed by atoms with Crippen LogP contribution in [0, 0.1) is 10.1 Å². The van der Waals surface area contributed by atoms with E-state index < -0.39 is 4.92 Å². The summed E-state index contributed by atoms with van der Waals surface area (Å²) in [7, 11) is 0. The van der Waals surface area contributed by atoms with E-state index in [0.29, 0.717) is 6.04 Å². The predicted octanol–water partition coefficient (Wildman–Crippen LogP) is 2.04. The van der Waals surface area contributed by atoms with E-state index in [4.69, 9.17) is 11.6 Å². The molecule has 0 amide bonds. The van der Waals surface area contributed by atoms with Crippen molar-refractivity contribution in [1.82, 2.24) is 10.2 Å². The molecule has 1 aromatic carbocycles. The van der Waals surface area contributed by atoms with Gasteiger partial charge in [0.15, 0.2) is 0 Å². The first kappa shape index (κ1) is 13.3. The summed E-state index contributed by atoms with van der Waals surface area (Å²) in [5.74, 6) is 0. The molecular formula is C12H16ClN3O2. The molecule has 0 bridgehead atoms. The van der Waals surface area contributed by atoms with Gasteiger partial charge in [-0.25, -0.2) is 0 Å². The lowest BCUT2D eigenvalue weighted by molar-refractivity contribution is -0.384. The highest BCUT2D eigenvalue weighted by atomic mass is 35.5. The summed E-state index contributed by atoms with van der Waals surface area (Å²) in [6.07, 6.45) is 0. The van der Waals surface area contributed by atoms with Crippen molar-refractivity contribution in [2.75, 3.05) is 19.6 Å². The summed E-state index contributed by atoms with van der Waals surface area (Å²) in [5, 5.41) is 14.4. The summed E-state index contributed by atoms with van der Waals surface area (Å²) in [4.78, 5) is 12.7. The van der Waals surface area contributed by atoms with Crippen molar-refractivity contribution in [1.29, 1.82) is 0 Å². The van der Waals surface area contributed by atoms with Crippen LogP contribution in [0.4, 0.5) is 5.69 Å². The molecule has 1 unspecified atom stereocenters. The first-order valence-corrected chi connectivity index (χ1v) is 6.32. The zero-order valence-electron chi connectivity index (χ0n) is 10.2. The van der Waals surface area contributed by atoms with E-state index in [1.54, 1.807) is 12.1 Å². The Balaban J connectivity index is 2.09. The Labute approximate surface area is 111 Å². The second kappa shape index (κ2) is 5.65. The van der Waals surface area contributed by atoms with Gasteiger partial charge in [-0.15, -0.1) is 0 Å². The Kier molecular flexibility index (Phi) is 4.16. The topological polar surface area (TPSA) is 58.4 Å². The molecule has 1 aromatic rings. The predicted molar refractivity (Wildman–Crippen MR) is 70.8 cm³/mol. The third kappa shape index (κ3) is 3.19. The zero-order valence-corrected chi connectivity index (χ0v) is 11.0. The minimum atomic E-state index is -0.438. The standard InChI is InChI=1S/C12H16ClN3O2/c1-9-7-15(5-4-14-9)8-10-2-3-11(13)12(6-10)16(17)18/h2-3,6,9,14H,4-5,7-8H2,1H3. The van der Waals surface area contributed by atoms with E-state index in [2.05, 4.69) is 17.1 Å². The third-order valence-corrected chi connectivity index (χ3v) is 3.39. The zero-order chi connectivity index (χ0) is 13.1. The lowest BCUT2D eigenvalue weighted by atomic mass is 10.1. The average Bonchev–Trinajstić information content (AvgIpc) is 2.31. The molecule has 0 aromatic heterocycles. The molecule has 1 saturated heterocycles. The van der Waals surface area contributed by atoms with E-state index in [-0.39, 0.29) is 10.7 Å². The number of rotatable bonds is 3. The van der Waals surface area contributed by atoms with Gasteiger partial charge in [0.25, 0.3) is 5.69 Å². The first-order chi connectivity index (χ1) is 8.56. The number of hydrogen-bond acceptors (Lipinski definition) is 4. The molecule has 1 aliphatic rings. The van der Waals surface area contributed by atoms with Crippen LogP contribution in [0.25, 0.3) is 0 Å². The normalized spacial score (nSPS) is 20.9. The fourth-order valence-corrected chi connectivity index (χ4v) is 2.40. The molecule has 2 rings (SSSR count). The minimum absolute atomic E-state index is 0.0163. The largest absolute Gasteiger partial charge is 0.312 e. The van der Waals surface area contributed by atoms with Crippen molar-refractivity contribution < 1.29 is 4.92 Å². The minimum Gasteiger partial charge on any atom is -0.312 e. The van der Waals surface area contributed by atoms with Crippen molar-refractivity contribution in [2.45, 2.75) is 19.5 Å². The van der Waals surface area contributed by atoms with Crippen LogP contribution in [-0.2, 0) is 6.54 Å². The number of benzene rings is 1. The molecule has 1 N–H and O–H groups in total. The second-order valence-electron chi connectivity index (χ2n) is 4.63. The number of nitrogens with zero attached hydrogens (tertiary/aromatic N) is 2. The van der Waals surface area contributed by atoms with Gasteiger partial charge < -0.3 is 5.32 Å². The van der Waals surface area contributed by atoms with Crippen molar-refractivity contribution in [3.8, 4) is 0 Å². The Morgan fingerprint density at radius 1 is 1.61 bits per heavy atom. The quantitative estimate of drug-likeness (QED) is 0.674. The Morgan fingerprint density at radius 2 is 2.39 bits per heavy atom. The van der Waals surface area contributed by atoms with Crippen molar-refractivity contribution in [3.63, 3.8) is 0 Å². The maximum absolute atomic E-state index is 10.8. The number of piperazine rings is 1. The summed E-state index contributed by atoms with van der Waals surface area (Å²) < 4.78 is 0. The number of nitro groups is 1. The van der Waals surface area contributed by atoms with Crippen LogP contribution in [0.2, 0.25) is 5.02 Å². The van der Waals surface area contributed by atoms with Gasteiger partial charge in [0.1, 0.15) is 5.02 Å². The van der Waals surface area contributed by atoms with E-state index in [9.17, 15) is 10.1 Å². The maximum Gasteiger partial charge on any atom is 0.288 e. The molecule has 1 fully saturated rings. The summed E-state index contributed by atoms with van der Waals surface area (Å²) in [6.45, 7) is 5.73. The van der Waals surface area contributed by atoms with Crippen LogP contribution in [0.15, 0.2) is 18.2 Å². The molecule has 0 saturated carbocycles. The molecule has 18 heavy (non-hydrogen) atoms. The number of halogens is 1. The lowest BCUT2D eigenvalue weighted by Gasteiger charge is -2.31. The smallest absolute Gasteiger partial charge is 0.288 e. The summed E-state index contributed by atoms with van der Waals surface area (Å²) in [6, 6.07) is 5.47. The van der Waals surface area contributed by atoms with Crippen LogP contribution < -0.4 is 5.32 Å². The molecule has 5 nitrogen and oxygen atoms in total. The van der Waals surface area contributed by atoms with Gasteiger partial charge in [-0.05, 0) is 18.6 Å². The van der Waals surface area contributed by atoms with E-state index in [1.807, 2.05) is 6.07 Å². The van der Waals surface area contributed by atoms with Crippen LogP contribution in [0.1, 0.15) is 12.5 Å². The molecule has 0 spiro atoms. The molecule has 0 aliphatic carbocycles. The third-order valence-electron chi connectivity index (χ3n) is 3.07. The molecule has 98 valence electrons. The van der Waals surface area contributed by atoms with E-state index >= 15 is 0 Å². The first-order valence-electron chi connectivity index (χ1n) is 5.95. The molecular weight excluding hydrogens is 254 g/mol. The van der Waals surface area contributed by atoms with Gasteiger partial charge in [-0.1, -0.05) is 17.7 Å². The summed E-state index contributed by atoms with van der Waals surface area (Å²) >= 11 is 5.79. The van der Waals surface area contributed by atoms with Crippen LogP contribution >= 0.6 is 11.6 Å². The highest BCUT2D eigenvalue weighted by Gasteiger charge is 2.18. The monoisotopic (exact) mass is 269 g/mol. The van der Waals surface area contributed by atoms with Gasteiger partial charge >= 0.3 is 0 Å². The van der Waals surface area contributed by atoms with Crippen molar-refractivity contribution in [2.24, 2.45) is 0 Å². The molecule has 0 radical (unpaired) electrons. The van der Waals surface area contributed by atoms with Gasteiger partial charge in [0.05, 0.1) is 4.92 Å². The fraction of sp³-hybridized carbons (Fsp3) is 0.500. The van der Waals surface area contributed by atoms with Crippen molar-refractivity contribution in [3.05, 3.63) is 38.9 Å². The van der Waals surface area contributed by atoms with Gasteiger partial charge in [0, 0.05) is 38.3 Å². The van der Waals surface area contributed by atoms with Gasteiger partial charge in [-0.2, -0.15) is 0 Å². The Bertz CT molecular complexity index is 453. The Hall–Kier alpha value is -1.17. The lowest BCUT2D eigenvalue weighted by Crippen LogP contribution is -2.48.